The van der Waals surface area contributed by atoms with Gasteiger partial charge in [0, 0.05) is 12.8 Å². The van der Waals surface area contributed by atoms with Gasteiger partial charge in [-0.1, -0.05) is 212 Å². The van der Waals surface area contributed by atoms with E-state index in [-0.39, 0.29) is 26.1 Å². The average molecular weight is 895 g/mol. The van der Waals surface area contributed by atoms with Gasteiger partial charge in [0.15, 0.2) is 18.5 Å². The summed E-state index contributed by atoms with van der Waals surface area (Å²) < 4.78 is 21.8. The van der Waals surface area contributed by atoms with Gasteiger partial charge in [-0.15, -0.1) is 0 Å². The van der Waals surface area contributed by atoms with Gasteiger partial charge in [0.2, 0.25) is 0 Å². The number of carboxylic acids is 1. The molecule has 0 aliphatic carbocycles. The molecule has 1 saturated heterocycles. The molecule has 0 saturated carbocycles. The predicted octanol–water partition coefficient (Wildman–Crippen LogP) is 12.2. The van der Waals surface area contributed by atoms with Crippen molar-refractivity contribution in [2.75, 3.05) is 13.2 Å². The Hall–Kier alpha value is -2.31. The Bertz CT molecular complexity index is 1140. The van der Waals surface area contributed by atoms with Crippen molar-refractivity contribution < 1.29 is 53.8 Å². The first kappa shape index (κ1) is 58.7. The first-order chi connectivity index (χ1) is 30.7. The topological polar surface area (TPSA) is 169 Å². The van der Waals surface area contributed by atoms with Crippen LogP contribution in [0.15, 0.2) is 24.3 Å². The number of aliphatic hydroxyl groups excluding tert-OH is 3. The molecule has 6 unspecified atom stereocenters. The van der Waals surface area contributed by atoms with Crippen molar-refractivity contribution in [3.05, 3.63) is 24.3 Å². The highest BCUT2D eigenvalue weighted by molar-refractivity contribution is 5.73. The second-order valence-corrected chi connectivity index (χ2v) is 18.0. The number of aliphatic hydroxyl groups is 3. The third-order valence-corrected chi connectivity index (χ3v) is 12.1. The summed E-state index contributed by atoms with van der Waals surface area (Å²) in [7, 11) is 0. The Balaban J connectivity index is 2.26. The van der Waals surface area contributed by atoms with E-state index in [0.717, 1.165) is 64.2 Å². The minimum Gasteiger partial charge on any atom is -0.479 e. The minimum absolute atomic E-state index is 0.185. The summed E-state index contributed by atoms with van der Waals surface area (Å²) in [5, 5.41) is 39.9. The van der Waals surface area contributed by atoms with Crippen LogP contribution >= 0.6 is 0 Å². The molecule has 0 bridgehead atoms. The van der Waals surface area contributed by atoms with Gasteiger partial charge in [-0.05, 0) is 38.5 Å². The Labute approximate surface area is 383 Å². The maximum absolute atomic E-state index is 12.8. The van der Waals surface area contributed by atoms with Crippen molar-refractivity contribution in [2.45, 2.75) is 275 Å². The molecule has 0 aromatic rings. The first-order valence-electron chi connectivity index (χ1n) is 25.9. The van der Waals surface area contributed by atoms with Gasteiger partial charge >= 0.3 is 17.9 Å². The number of carboxylic acid groups (broad SMARTS) is 1. The summed E-state index contributed by atoms with van der Waals surface area (Å²) in [6.45, 7) is 3.79. The summed E-state index contributed by atoms with van der Waals surface area (Å²) in [4.78, 5) is 36.9. The highest BCUT2D eigenvalue weighted by atomic mass is 16.7. The lowest BCUT2D eigenvalue weighted by molar-refractivity contribution is -0.298. The summed E-state index contributed by atoms with van der Waals surface area (Å²) in [6, 6.07) is 0. The average Bonchev–Trinajstić information content (AvgIpc) is 3.27. The molecule has 1 aliphatic rings. The molecule has 11 heteroatoms. The van der Waals surface area contributed by atoms with Crippen molar-refractivity contribution in [3.63, 3.8) is 0 Å². The lowest BCUT2D eigenvalue weighted by Gasteiger charge is -2.38. The van der Waals surface area contributed by atoms with E-state index in [0.29, 0.717) is 12.8 Å². The van der Waals surface area contributed by atoms with Gasteiger partial charge < -0.3 is 39.4 Å². The van der Waals surface area contributed by atoms with Gasteiger partial charge in [-0.2, -0.15) is 0 Å². The van der Waals surface area contributed by atoms with Crippen molar-refractivity contribution in [1.29, 1.82) is 0 Å². The van der Waals surface area contributed by atoms with E-state index in [1.165, 1.54) is 135 Å². The fraction of sp³-hybridized carbons (Fsp3) is 0.865. The van der Waals surface area contributed by atoms with Crippen LogP contribution in [0.1, 0.15) is 239 Å². The van der Waals surface area contributed by atoms with Gasteiger partial charge in [0.25, 0.3) is 0 Å². The largest absolute Gasteiger partial charge is 0.479 e. The first-order valence-corrected chi connectivity index (χ1v) is 25.9. The van der Waals surface area contributed by atoms with E-state index in [1.807, 2.05) is 0 Å². The van der Waals surface area contributed by atoms with Crippen LogP contribution < -0.4 is 0 Å². The molecule has 0 aromatic carbocycles. The van der Waals surface area contributed by atoms with E-state index in [9.17, 15) is 34.8 Å². The van der Waals surface area contributed by atoms with Gasteiger partial charge in [0.1, 0.15) is 24.9 Å². The Morgan fingerprint density at radius 2 is 0.905 bits per heavy atom. The minimum atomic E-state index is -1.86. The number of ether oxygens (including phenoxy) is 4. The molecule has 1 rings (SSSR count). The van der Waals surface area contributed by atoms with Crippen LogP contribution in [-0.4, -0.2) is 88.4 Å². The van der Waals surface area contributed by atoms with E-state index in [1.54, 1.807) is 0 Å². The quantitative estimate of drug-likeness (QED) is 0.0261. The Kier molecular flexibility index (Phi) is 39.4. The molecular formula is C52H94O11. The third-order valence-electron chi connectivity index (χ3n) is 12.1. The van der Waals surface area contributed by atoms with Crippen LogP contribution in [0.4, 0.5) is 0 Å². The molecule has 368 valence electrons. The zero-order valence-electron chi connectivity index (χ0n) is 40.1. The zero-order valence-corrected chi connectivity index (χ0v) is 40.1. The van der Waals surface area contributed by atoms with Crippen molar-refractivity contribution in [2.24, 2.45) is 0 Å². The lowest BCUT2D eigenvalue weighted by Crippen LogP contribution is -2.60. The highest BCUT2D eigenvalue weighted by Gasteiger charge is 2.47. The maximum Gasteiger partial charge on any atom is 0.335 e. The van der Waals surface area contributed by atoms with Gasteiger partial charge in [0.05, 0.1) is 6.61 Å². The van der Waals surface area contributed by atoms with E-state index in [4.69, 9.17) is 18.9 Å². The molecule has 63 heavy (non-hydrogen) atoms. The van der Waals surface area contributed by atoms with Crippen molar-refractivity contribution in [3.8, 4) is 0 Å². The number of hydrogen-bond acceptors (Lipinski definition) is 10. The van der Waals surface area contributed by atoms with E-state index >= 15 is 0 Å². The Morgan fingerprint density at radius 3 is 1.37 bits per heavy atom. The van der Waals surface area contributed by atoms with Crippen LogP contribution in [-0.2, 0) is 33.3 Å². The molecule has 4 N–H and O–H groups in total. The molecule has 0 aromatic heterocycles. The molecule has 11 nitrogen and oxygen atoms in total. The van der Waals surface area contributed by atoms with Crippen LogP contribution in [0.3, 0.4) is 0 Å². The summed E-state index contributed by atoms with van der Waals surface area (Å²) >= 11 is 0. The molecule has 0 radical (unpaired) electrons. The highest BCUT2D eigenvalue weighted by Crippen LogP contribution is 2.23. The molecule has 1 aliphatic heterocycles. The van der Waals surface area contributed by atoms with Gasteiger partial charge in [-0.25, -0.2) is 4.79 Å². The predicted molar refractivity (Wildman–Crippen MR) is 252 cm³/mol. The molecule has 0 amide bonds. The number of esters is 2. The fourth-order valence-corrected chi connectivity index (χ4v) is 7.96. The molecule has 6 atom stereocenters. The van der Waals surface area contributed by atoms with Crippen LogP contribution in [0.5, 0.6) is 0 Å². The van der Waals surface area contributed by atoms with Crippen LogP contribution in [0.25, 0.3) is 0 Å². The molecule has 1 fully saturated rings. The number of carbonyl (C=O) groups is 3. The van der Waals surface area contributed by atoms with Crippen molar-refractivity contribution in [1.82, 2.24) is 0 Å². The monoisotopic (exact) mass is 895 g/mol. The smallest absolute Gasteiger partial charge is 0.335 e. The second kappa shape index (κ2) is 42.3. The second-order valence-electron chi connectivity index (χ2n) is 18.0. The summed E-state index contributed by atoms with van der Waals surface area (Å²) in [5.41, 5.74) is 0. The number of carbonyl (C=O) groups excluding carboxylic acids is 2. The molecule has 0 spiro atoms. The Morgan fingerprint density at radius 1 is 0.492 bits per heavy atom. The van der Waals surface area contributed by atoms with Crippen LogP contribution in [0, 0.1) is 0 Å². The molecule has 1 heterocycles. The van der Waals surface area contributed by atoms with Gasteiger partial charge in [-0.3, -0.25) is 9.59 Å². The number of hydrogen-bond donors (Lipinski definition) is 4. The summed E-state index contributed by atoms with van der Waals surface area (Å²) in [5.74, 6) is -2.45. The SMILES string of the molecule is CCCC/C=C\C/C=C\CCCCCCCC(=O)OCC(COC1OC(C(=O)O)C(O)C(O)C1O)OC(=O)CCCCCCCCCCCCCCCCCCCCCCCCC. The van der Waals surface area contributed by atoms with E-state index in [2.05, 4.69) is 38.2 Å². The maximum atomic E-state index is 12.8. The fourth-order valence-electron chi connectivity index (χ4n) is 7.96. The number of allylic oxidation sites excluding steroid dienone is 4. The standard InChI is InChI=1S/C52H94O11/c1-3-5-7-9-11-13-15-17-19-20-21-22-23-24-25-26-27-29-31-33-35-37-39-41-46(54)62-44(43-61-52-49(57)47(55)48(56)50(63-52)51(58)59)42-60-45(53)40-38-36-34-32-30-28-18-16-14-12-10-8-6-4-2/h10,12,16,18,44,47-50,52,55-57H,3-9,11,13-15,17,19-43H2,1-2H3,(H,58,59)/b12-10-,18-16-. The normalized spacial score (nSPS) is 19.5. The number of unbranched alkanes of at least 4 members (excludes halogenated alkanes) is 29. The van der Waals surface area contributed by atoms with Crippen LogP contribution in [0.2, 0.25) is 0 Å². The van der Waals surface area contributed by atoms with E-state index < -0.39 is 54.7 Å². The summed E-state index contributed by atoms with van der Waals surface area (Å²) in [6.07, 6.45) is 39.5. The number of aliphatic carboxylic acids is 1. The number of rotatable bonds is 44. The lowest BCUT2D eigenvalue weighted by atomic mass is 9.99. The third kappa shape index (κ3) is 33.8. The molecular weight excluding hydrogens is 801 g/mol. The zero-order chi connectivity index (χ0) is 46.0. The van der Waals surface area contributed by atoms with Crippen molar-refractivity contribution >= 4 is 17.9 Å².